The lowest BCUT2D eigenvalue weighted by molar-refractivity contribution is -0.130. The van der Waals surface area contributed by atoms with Crippen LogP contribution in [0, 0.1) is 5.41 Å². The number of ether oxygens (including phenoxy) is 1. The maximum atomic E-state index is 12.8. The van der Waals surface area contributed by atoms with E-state index in [9.17, 15) is 13.2 Å². The summed E-state index contributed by atoms with van der Waals surface area (Å²) in [5, 5.41) is 6.10. The van der Waals surface area contributed by atoms with Gasteiger partial charge in [-0.2, -0.15) is 0 Å². The van der Waals surface area contributed by atoms with Gasteiger partial charge < -0.3 is 15.4 Å². The summed E-state index contributed by atoms with van der Waals surface area (Å²) in [5.74, 6) is -0.134. The van der Waals surface area contributed by atoms with Gasteiger partial charge in [0.1, 0.15) is 0 Å². The van der Waals surface area contributed by atoms with E-state index in [1.165, 1.54) is 26.2 Å². The number of hydrogen-bond donors (Lipinski definition) is 2. The predicted octanol–water partition coefficient (Wildman–Crippen LogP) is 1.31. The topological polar surface area (TPSA) is 87.7 Å². The van der Waals surface area contributed by atoms with E-state index in [0.29, 0.717) is 25.1 Å². The Balaban J connectivity index is 0.00000312. The Morgan fingerprint density at radius 2 is 1.96 bits per heavy atom. The van der Waals surface area contributed by atoms with Gasteiger partial charge in [0.05, 0.1) is 16.9 Å². The molecule has 7 nitrogen and oxygen atoms in total. The number of benzene rings is 1. The fourth-order valence-electron chi connectivity index (χ4n) is 2.83. The number of halogens is 1. The minimum Gasteiger partial charge on any atom is -0.384 e. The van der Waals surface area contributed by atoms with Crippen molar-refractivity contribution in [2.75, 3.05) is 46.2 Å². The number of nitrogens with zero attached hydrogens (tertiary/aromatic N) is 1. The van der Waals surface area contributed by atoms with Crippen molar-refractivity contribution in [1.29, 1.82) is 0 Å². The molecule has 25 heavy (non-hydrogen) atoms. The van der Waals surface area contributed by atoms with Crippen LogP contribution in [-0.2, 0) is 19.6 Å². The highest BCUT2D eigenvalue weighted by molar-refractivity contribution is 7.89. The van der Waals surface area contributed by atoms with E-state index in [0.717, 1.165) is 17.4 Å². The molecule has 1 fully saturated rings. The predicted molar refractivity (Wildman–Crippen MR) is 99.6 cm³/mol. The molecule has 0 unspecified atom stereocenters. The minimum atomic E-state index is -3.54. The van der Waals surface area contributed by atoms with E-state index in [1.54, 1.807) is 19.2 Å². The first-order valence-electron chi connectivity index (χ1n) is 7.85. The Labute approximate surface area is 155 Å². The van der Waals surface area contributed by atoms with Crippen molar-refractivity contribution in [3.63, 3.8) is 0 Å². The summed E-state index contributed by atoms with van der Waals surface area (Å²) >= 11 is 0. The third-order valence-electron chi connectivity index (χ3n) is 4.33. The maximum Gasteiger partial charge on any atom is 0.242 e. The van der Waals surface area contributed by atoms with E-state index in [4.69, 9.17) is 4.74 Å². The van der Waals surface area contributed by atoms with Gasteiger partial charge in [0.2, 0.25) is 15.9 Å². The first kappa shape index (κ1) is 21.9. The van der Waals surface area contributed by atoms with Crippen LogP contribution >= 0.6 is 12.4 Å². The van der Waals surface area contributed by atoms with Gasteiger partial charge in [-0.3, -0.25) is 4.79 Å². The molecule has 0 radical (unpaired) electrons. The Morgan fingerprint density at radius 3 is 2.52 bits per heavy atom. The van der Waals surface area contributed by atoms with Crippen LogP contribution in [0.4, 0.5) is 5.69 Å². The van der Waals surface area contributed by atoms with Crippen molar-refractivity contribution in [1.82, 2.24) is 9.62 Å². The zero-order valence-electron chi connectivity index (χ0n) is 14.7. The normalized spacial score (nSPS) is 17.0. The highest BCUT2D eigenvalue weighted by atomic mass is 35.5. The quantitative estimate of drug-likeness (QED) is 0.763. The number of rotatable bonds is 6. The first-order valence-corrected chi connectivity index (χ1v) is 9.29. The Kier molecular flexibility index (Phi) is 7.83. The Bertz CT molecular complexity index is 683. The molecular formula is C16H26ClN3O4S. The molecule has 0 aliphatic carbocycles. The summed E-state index contributed by atoms with van der Waals surface area (Å²) in [5.41, 5.74) is -0.117. The van der Waals surface area contributed by atoms with Gasteiger partial charge >= 0.3 is 0 Å². The highest BCUT2D eigenvalue weighted by Crippen LogP contribution is 2.31. The Hall–Kier alpha value is -1.19. The minimum absolute atomic E-state index is 0. The number of methoxy groups -OCH3 is 1. The molecule has 142 valence electrons. The number of sulfonamides is 1. The summed E-state index contributed by atoms with van der Waals surface area (Å²) < 4.78 is 30.9. The maximum absolute atomic E-state index is 12.8. The van der Waals surface area contributed by atoms with Crippen LogP contribution in [0.2, 0.25) is 0 Å². The van der Waals surface area contributed by atoms with Crippen molar-refractivity contribution in [2.24, 2.45) is 5.41 Å². The molecule has 1 amide bonds. The third kappa shape index (κ3) is 4.92. The molecule has 0 bridgehead atoms. The lowest BCUT2D eigenvalue weighted by Crippen LogP contribution is -2.47. The van der Waals surface area contributed by atoms with Gasteiger partial charge in [-0.05, 0) is 44.1 Å². The Morgan fingerprint density at radius 1 is 1.32 bits per heavy atom. The van der Waals surface area contributed by atoms with Gasteiger partial charge in [-0.1, -0.05) is 6.07 Å². The summed E-state index contributed by atoms with van der Waals surface area (Å²) in [7, 11) is 0.997. The number of piperidine rings is 1. The number of carbonyl (C=O) groups excluding carboxylic acids is 1. The molecule has 1 aromatic carbocycles. The molecule has 2 rings (SSSR count). The van der Waals surface area contributed by atoms with Crippen LogP contribution in [0.15, 0.2) is 29.2 Å². The summed E-state index contributed by atoms with van der Waals surface area (Å²) in [6.45, 7) is 1.86. The number of amides is 1. The number of anilines is 1. The monoisotopic (exact) mass is 391 g/mol. The van der Waals surface area contributed by atoms with Gasteiger partial charge in [0, 0.05) is 26.9 Å². The first-order chi connectivity index (χ1) is 11.3. The second-order valence-corrected chi connectivity index (χ2v) is 8.38. The van der Waals surface area contributed by atoms with Gasteiger partial charge in [0.25, 0.3) is 0 Å². The zero-order valence-corrected chi connectivity index (χ0v) is 16.4. The second kappa shape index (κ2) is 8.95. The average Bonchev–Trinajstić information content (AvgIpc) is 2.56. The van der Waals surface area contributed by atoms with E-state index in [1.807, 2.05) is 0 Å². The molecule has 0 spiro atoms. The smallest absolute Gasteiger partial charge is 0.242 e. The van der Waals surface area contributed by atoms with E-state index >= 15 is 0 Å². The average molecular weight is 392 g/mol. The van der Waals surface area contributed by atoms with Crippen LogP contribution in [0.5, 0.6) is 0 Å². The molecule has 0 atom stereocenters. The van der Waals surface area contributed by atoms with Crippen LogP contribution in [-0.4, -0.2) is 59.5 Å². The summed E-state index contributed by atoms with van der Waals surface area (Å²) in [6, 6.07) is 6.31. The fraction of sp³-hybridized carbons (Fsp3) is 0.562. The van der Waals surface area contributed by atoms with E-state index in [2.05, 4.69) is 10.6 Å². The molecule has 0 aromatic heterocycles. The van der Waals surface area contributed by atoms with Crippen LogP contribution in [0.3, 0.4) is 0 Å². The molecular weight excluding hydrogens is 366 g/mol. The lowest BCUT2D eigenvalue weighted by Gasteiger charge is -2.35. The second-order valence-electron chi connectivity index (χ2n) is 6.23. The standard InChI is InChI=1S/C16H25N3O4S.ClH/c1-19(2)24(21,22)14-6-4-5-13(11-14)18-15(20)16(12-23-3)7-9-17-10-8-16;/h4-6,11,17H,7-10,12H2,1-3H3,(H,18,20);1H. The summed E-state index contributed by atoms with van der Waals surface area (Å²) in [6.07, 6.45) is 1.37. The van der Waals surface area contributed by atoms with Gasteiger partial charge in [-0.15, -0.1) is 12.4 Å². The van der Waals surface area contributed by atoms with Gasteiger partial charge in [-0.25, -0.2) is 12.7 Å². The van der Waals surface area contributed by atoms with Crippen molar-refractivity contribution in [3.05, 3.63) is 24.3 Å². The molecule has 1 aliphatic rings. The van der Waals surface area contributed by atoms with Crippen molar-refractivity contribution in [2.45, 2.75) is 17.7 Å². The molecule has 9 heteroatoms. The molecule has 1 aliphatic heterocycles. The van der Waals surface area contributed by atoms with Crippen molar-refractivity contribution >= 4 is 34.0 Å². The SMILES string of the molecule is COCC1(C(=O)Nc2cccc(S(=O)(=O)N(C)C)c2)CCNCC1.Cl. The van der Waals surface area contributed by atoms with Crippen molar-refractivity contribution in [3.8, 4) is 0 Å². The molecule has 1 heterocycles. The van der Waals surface area contributed by atoms with Crippen LogP contribution in [0.1, 0.15) is 12.8 Å². The van der Waals surface area contributed by atoms with Crippen LogP contribution < -0.4 is 10.6 Å². The molecule has 1 aromatic rings. The summed E-state index contributed by atoms with van der Waals surface area (Å²) in [4.78, 5) is 12.9. The number of nitrogens with one attached hydrogen (secondary N) is 2. The number of hydrogen-bond acceptors (Lipinski definition) is 5. The van der Waals surface area contributed by atoms with Crippen molar-refractivity contribution < 1.29 is 17.9 Å². The lowest BCUT2D eigenvalue weighted by atomic mass is 9.78. The number of carbonyl (C=O) groups is 1. The molecule has 2 N–H and O–H groups in total. The van der Waals surface area contributed by atoms with Gasteiger partial charge in [0.15, 0.2) is 0 Å². The zero-order chi connectivity index (χ0) is 17.8. The fourth-order valence-corrected chi connectivity index (χ4v) is 3.78. The van der Waals surface area contributed by atoms with E-state index < -0.39 is 15.4 Å². The largest absolute Gasteiger partial charge is 0.384 e. The van der Waals surface area contributed by atoms with Crippen LogP contribution in [0.25, 0.3) is 0 Å². The molecule has 0 saturated carbocycles. The van der Waals surface area contributed by atoms with E-state index in [-0.39, 0.29) is 23.2 Å². The highest BCUT2D eigenvalue weighted by Gasteiger charge is 2.39. The molecule has 1 saturated heterocycles. The third-order valence-corrected chi connectivity index (χ3v) is 6.14.